The Morgan fingerprint density at radius 2 is 1.75 bits per heavy atom. The fourth-order valence-corrected chi connectivity index (χ4v) is 1.50. The third-order valence-electron chi connectivity index (χ3n) is 2.27. The zero-order chi connectivity index (χ0) is 9.99. The number of hydrogen-bond donors (Lipinski definition) is 1. The zero-order valence-corrected chi connectivity index (χ0v) is 9.07. The number of hydrogen-bond acceptors (Lipinski definition) is 1. The molecule has 2 N–H and O–H groups in total. The van der Waals surface area contributed by atoms with Crippen LogP contribution in [0.3, 0.4) is 0 Å². The minimum atomic E-state index is -0.0156. The van der Waals surface area contributed by atoms with E-state index in [-0.39, 0.29) is 5.31 Å². The van der Waals surface area contributed by atoms with Gasteiger partial charge in [0.2, 0.25) is 0 Å². The van der Waals surface area contributed by atoms with Gasteiger partial charge in [-0.15, -0.1) is 0 Å². The molecule has 0 aromatic carbocycles. The fraction of sp³-hybridized carbons (Fsp3) is 0.800. The van der Waals surface area contributed by atoms with Gasteiger partial charge in [0.1, 0.15) is 7.28 Å². The minimum absolute atomic E-state index is 0.0156. The van der Waals surface area contributed by atoms with Crippen molar-refractivity contribution in [2.45, 2.75) is 46.3 Å². The lowest BCUT2D eigenvalue weighted by Crippen LogP contribution is -2.27. The largest absolute Gasteiger partial charge is 0.403 e. The maximum atomic E-state index is 5.76. The first kappa shape index (κ1) is 11.6. The third-order valence-corrected chi connectivity index (χ3v) is 2.27. The molecule has 0 amide bonds. The molecule has 2 heteroatoms. The normalized spacial score (nSPS) is 16.8. The summed E-state index contributed by atoms with van der Waals surface area (Å²) in [5, 5.41) is -0.0156. The van der Waals surface area contributed by atoms with Crippen LogP contribution >= 0.6 is 0 Å². The summed E-state index contributed by atoms with van der Waals surface area (Å²) in [4.78, 5) is 0. The van der Waals surface area contributed by atoms with E-state index < -0.39 is 0 Å². The molecular weight excluding hydrogens is 145 g/mol. The first-order valence-electron chi connectivity index (χ1n) is 4.47. The molecule has 69 valence electrons. The van der Waals surface area contributed by atoms with Crippen LogP contribution in [-0.4, -0.2) is 7.28 Å². The van der Waals surface area contributed by atoms with Crippen molar-refractivity contribution in [3.8, 4) is 0 Å². The lowest BCUT2D eigenvalue weighted by Gasteiger charge is -2.34. The molecule has 0 aromatic heterocycles. The second-order valence-corrected chi connectivity index (χ2v) is 4.97. The smallest absolute Gasteiger partial charge is 0.122 e. The van der Waals surface area contributed by atoms with Crippen LogP contribution in [0.25, 0.3) is 0 Å². The van der Waals surface area contributed by atoms with Gasteiger partial charge in [-0.2, -0.15) is 0 Å². The van der Waals surface area contributed by atoms with Gasteiger partial charge in [-0.1, -0.05) is 41.1 Å². The Morgan fingerprint density at radius 1 is 1.33 bits per heavy atom. The highest BCUT2D eigenvalue weighted by Gasteiger charge is 2.29. The molecule has 0 fully saturated rings. The van der Waals surface area contributed by atoms with E-state index in [0.717, 1.165) is 12.1 Å². The summed E-state index contributed by atoms with van der Waals surface area (Å²) < 4.78 is 0. The molecule has 1 nitrogen and oxygen atoms in total. The van der Waals surface area contributed by atoms with Crippen molar-refractivity contribution in [3.63, 3.8) is 0 Å². The maximum absolute atomic E-state index is 5.76. The second kappa shape index (κ2) is 3.55. The standard InChI is InChI=1S/C10H21BN/c1-8(12)10(5,11-6)7-9(2,3)4/h1,7,12H2,2-6H3. The second-order valence-electron chi connectivity index (χ2n) is 4.97. The highest BCUT2D eigenvalue weighted by molar-refractivity contribution is 6.39. The Balaban J connectivity index is 4.46. The molecule has 0 saturated carbocycles. The summed E-state index contributed by atoms with van der Waals surface area (Å²) in [5.41, 5.74) is 6.82. The molecule has 0 saturated heterocycles. The van der Waals surface area contributed by atoms with E-state index in [4.69, 9.17) is 5.73 Å². The Labute approximate surface area is 77.7 Å². The van der Waals surface area contributed by atoms with Gasteiger partial charge >= 0.3 is 0 Å². The molecule has 12 heavy (non-hydrogen) atoms. The lowest BCUT2D eigenvalue weighted by atomic mass is 9.49. The van der Waals surface area contributed by atoms with Crippen LogP contribution in [0.2, 0.25) is 12.1 Å². The highest BCUT2D eigenvalue weighted by Crippen LogP contribution is 2.41. The summed E-state index contributed by atoms with van der Waals surface area (Å²) >= 11 is 0. The van der Waals surface area contributed by atoms with Gasteiger partial charge in [-0.05, 0) is 22.8 Å². The Morgan fingerprint density at radius 3 is 1.83 bits per heavy atom. The SMILES string of the molecule is C=C(N)C(C)([B]C)CC(C)(C)C. The van der Waals surface area contributed by atoms with Crippen molar-refractivity contribution < 1.29 is 0 Å². The topological polar surface area (TPSA) is 26.0 Å². The predicted octanol–water partition coefficient (Wildman–Crippen LogP) is 2.83. The first-order chi connectivity index (χ1) is 5.21. The molecule has 0 aliphatic rings. The molecule has 0 aliphatic carbocycles. The summed E-state index contributed by atoms with van der Waals surface area (Å²) in [5.74, 6) is 0. The average molecular weight is 166 g/mol. The highest BCUT2D eigenvalue weighted by atomic mass is 14.6. The van der Waals surface area contributed by atoms with Gasteiger partial charge in [-0.3, -0.25) is 0 Å². The van der Waals surface area contributed by atoms with E-state index in [2.05, 4.69) is 41.6 Å². The van der Waals surface area contributed by atoms with E-state index in [9.17, 15) is 0 Å². The van der Waals surface area contributed by atoms with E-state index in [1.165, 1.54) is 0 Å². The van der Waals surface area contributed by atoms with Gasteiger partial charge in [0.15, 0.2) is 0 Å². The van der Waals surface area contributed by atoms with Crippen LogP contribution < -0.4 is 5.73 Å². The van der Waals surface area contributed by atoms with E-state index in [0.29, 0.717) is 5.41 Å². The van der Waals surface area contributed by atoms with Crippen LogP contribution in [0, 0.1) is 5.41 Å². The summed E-state index contributed by atoms with van der Waals surface area (Å²) in [6, 6.07) is 0. The molecule has 1 unspecified atom stereocenters. The van der Waals surface area contributed by atoms with Gasteiger partial charge in [0.25, 0.3) is 0 Å². The van der Waals surface area contributed by atoms with Gasteiger partial charge < -0.3 is 5.73 Å². The molecule has 0 aliphatic heterocycles. The Hall–Kier alpha value is -0.395. The van der Waals surface area contributed by atoms with Crippen molar-refractivity contribution in [1.82, 2.24) is 0 Å². The lowest BCUT2D eigenvalue weighted by molar-refractivity contribution is 0.336. The van der Waals surface area contributed by atoms with Crippen LogP contribution in [-0.2, 0) is 0 Å². The summed E-state index contributed by atoms with van der Waals surface area (Å²) in [6.07, 6.45) is 1.05. The Bertz CT molecular complexity index is 169. The van der Waals surface area contributed by atoms with E-state index in [1.54, 1.807) is 0 Å². The molecule has 1 atom stereocenters. The van der Waals surface area contributed by atoms with E-state index >= 15 is 0 Å². The van der Waals surface area contributed by atoms with Crippen LogP contribution in [0.4, 0.5) is 0 Å². The average Bonchev–Trinajstić information content (AvgIpc) is 1.83. The van der Waals surface area contributed by atoms with E-state index in [1.807, 2.05) is 6.82 Å². The van der Waals surface area contributed by atoms with Crippen molar-refractivity contribution in [3.05, 3.63) is 12.3 Å². The van der Waals surface area contributed by atoms with Crippen molar-refractivity contribution in [2.24, 2.45) is 11.1 Å². The van der Waals surface area contributed by atoms with Crippen molar-refractivity contribution in [2.75, 3.05) is 0 Å². The van der Waals surface area contributed by atoms with Crippen LogP contribution in [0.15, 0.2) is 12.3 Å². The fourth-order valence-electron chi connectivity index (χ4n) is 1.50. The first-order valence-corrected chi connectivity index (χ1v) is 4.47. The predicted molar refractivity (Wildman–Crippen MR) is 57.4 cm³/mol. The van der Waals surface area contributed by atoms with Gasteiger partial charge in [-0.25, -0.2) is 0 Å². The number of nitrogens with two attached hydrogens (primary N) is 1. The maximum Gasteiger partial charge on any atom is 0.122 e. The van der Waals surface area contributed by atoms with Crippen LogP contribution in [0.5, 0.6) is 0 Å². The summed E-state index contributed by atoms with van der Waals surface area (Å²) in [6.45, 7) is 14.7. The number of rotatable bonds is 3. The van der Waals surface area contributed by atoms with Gasteiger partial charge in [0.05, 0.1) is 0 Å². The Kier molecular flexibility index (Phi) is 3.43. The molecule has 0 rings (SSSR count). The number of allylic oxidation sites excluding steroid dienone is 1. The quantitative estimate of drug-likeness (QED) is 0.641. The van der Waals surface area contributed by atoms with Crippen LogP contribution in [0.1, 0.15) is 34.1 Å². The molecule has 0 aromatic rings. The minimum Gasteiger partial charge on any atom is -0.403 e. The molecule has 1 radical (unpaired) electrons. The zero-order valence-electron chi connectivity index (χ0n) is 9.07. The van der Waals surface area contributed by atoms with Crippen molar-refractivity contribution >= 4 is 7.28 Å². The summed E-state index contributed by atoms with van der Waals surface area (Å²) in [7, 11) is 2.14. The third kappa shape index (κ3) is 3.33. The molecule has 0 bridgehead atoms. The van der Waals surface area contributed by atoms with Crippen molar-refractivity contribution in [1.29, 1.82) is 0 Å². The molecule has 0 spiro atoms. The van der Waals surface area contributed by atoms with Gasteiger partial charge in [0, 0.05) is 0 Å². The monoisotopic (exact) mass is 166 g/mol. The molecular formula is C10H21BN. The molecule has 0 heterocycles.